The number of thiazole rings is 1. The molecule has 0 unspecified atom stereocenters. The Labute approximate surface area is 144 Å². The molecule has 25 heavy (non-hydrogen) atoms. The third kappa shape index (κ3) is 2.58. The van der Waals surface area contributed by atoms with Crippen molar-refractivity contribution in [2.24, 2.45) is 4.99 Å². The maximum absolute atomic E-state index is 13.8. The summed E-state index contributed by atoms with van der Waals surface area (Å²) in [6, 6.07) is 6.88. The molecule has 1 amide bonds. The lowest BCUT2D eigenvalue weighted by Crippen LogP contribution is -2.17. The van der Waals surface area contributed by atoms with Gasteiger partial charge in [-0.05, 0) is 19.1 Å². The maximum atomic E-state index is 13.8. The van der Waals surface area contributed by atoms with Crippen LogP contribution in [0.1, 0.15) is 17.3 Å². The Morgan fingerprint density at radius 1 is 1.24 bits per heavy atom. The van der Waals surface area contributed by atoms with Gasteiger partial charge >= 0.3 is 0 Å². The normalized spacial score (nSPS) is 13.6. The number of halogens is 2. The molecule has 0 aliphatic carbocycles. The fourth-order valence-electron chi connectivity index (χ4n) is 2.70. The van der Waals surface area contributed by atoms with Gasteiger partial charge in [-0.15, -0.1) is 0 Å². The average Bonchev–Trinajstić information content (AvgIpc) is 3.15. The van der Waals surface area contributed by atoms with E-state index in [4.69, 9.17) is 9.47 Å². The molecule has 4 rings (SSSR count). The third-order valence-electron chi connectivity index (χ3n) is 3.87. The summed E-state index contributed by atoms with van der Waals surface area (Å²) in [6.07, 6.45) is 0. The van der Waals surface area contributed by atoms with Crippen LogP contribution in [0.5, 0.6) is 11.5 Å². The lowest BCUT2D eigenvalue weighted by Gasteiger charge is -2.02. The van der Waals surface area contributed by atoms with Crippen molar-refractivity contribution in [2.75, 3.05) is 6.79 Å². The molecule has 0 spiro atoms. The minimum absolute atomic E-state index is 0.168. The van der Waals surface area contributed by atoms with Gasteiger partial charge in [0.2, 0.25) is 6.79 Å². The molecular formula is C17H12F2N2O3S. The fraction of sp³-hybridized carbons (Fsp3) is 0.176. The zero-order valence-electron chi connectivity index (χ0n) is 13.1. The van der Waals surface area contributed by atoms with Crippen LogP contribution in [0, 0.1) is 11.6 Å². The van der Waals surface area contributed by atoms with Gasteiger partial charge in [-0.25, -0.2) is 8.78 Å². The van der Waals surface area contributed by atoms with Crippen LogP contribution in [0.15, 0.2) is 35.3 Å². The third-order valence-corrected chi connectivity index (χ3v) is 4.91. The van der Waals surface area contributed by atoms with Crippen molar-refractivity contribution < 1.29 is 23.0 Å². The Balaban J connectivity index is 1.89. The molecule has 128 valence electrons. The smallest absolute Gasteiger partial charge is 0.285 e. The second-order valence-corrected chi connectivity index (χ2v) is 6.32. The highest BCUT2D eigenvalue weighted by Crippen LogP contribution is 2.36. The van der Waals surface area contributed by atoms with Gasteiger partial charge in [-0.1, -0.05) is 17.4 Å². The van der Waals surface area contributed by atoms with E-state index in [1.807, 2.05) is 19.1 Å². The maximum Gasteiger partial charge on any atom is 0.285 e. The van der Waals surface area contributed by atoms with Gasteiger partial charge in [0.25, 0.3) is 5.91 Å². The molecule has 0 saturated carbocycles. The Bertz CT molecular complexity index is 1050. The van der Waals surface area contributed by atoms with Gasteiger partial charge in [0.15, 0.2) is 16.3 Å². The molecular weight excluding hydrogens is 350 g/mol. The predicted octanol–water partition coefficient (Wildman–Crippen LogP) is 3.47. The fourth-order valence-corrected chi connectivity index (χ4v) is 3.80. The molecule has 0 atom stereocenters. The molecule has 0 saturated heterocycles. The first kappa shape index (κ1) is 15.8. The van der Waals surface area contributed by atoms with Crippen molar-refractivity contribution in [3.05, 3.63) is 52.3 Å². The number of amides is 1. The molecule has 0 radical (unpaired) electrons. The monoisotopic (exact) mass is 362 g/mol. The van der Waals surface area contributed by atoms with E-state index in [0.29, 0.717) is 22.8 Å². The van der Waals surface area contributed by atoms with Gasteiger partial charge in [0.1, 0.15) is 17.2 Å². The lowest BCUT2D eigenvalue weighted by atomic mass is 10.2. The summed E-state index contributed by atoms with van der Waals surface area (Å²) >= 11 is 1.24. The number of aromatic nitrogens is 1. The molecule has 1 aliphatic heterocycles. The zero-order valence-corrected chi connectivity index (χ0v) is 13.9. The quantitative estimate of drug-likeness (QED) is 0.701. The van der Waals surface area contributed by atoms with Crippen LogP contribution >= 0.6 is 11.3 Å². The Morgan fingerprint density at radius 3 is 2.60 bits per heavy atom. The minimum atomic E-state index is -0.954. The number of hydrogen-bond donors (Lipinski definition) is 0. The topological polar surface area (TPSA) is 52.8 Å². The highest BCUT2D eigenvalue weighted by molar-refractivity contribution is 7.16. The van der Waals surface area contributed by atoms with Crippen molar-refractivity contribution >= 4 is 27.5 Å². The molecule has 5 nitrogen and oxygen atoms in total. The largest absolute Gasteiger partial charge is 0.454 e. The zero-order chi connectivity index (χ0) is 17.6. The number of rotatable bonds is 2. The lowest BCUT2D eigenvalue weighted by molar-refractivity contribution is 0.0990. The van der Waals surface area contributed by atoms with E-state index in [1.165, 1.54) is 17.4 Å². The number of nitrogens with zero attached hydrogens (tertiary/aromatic N) is 2. The first-order valence-corrected chi connectivity index (χ1v) is 8.36. The SMILES string of the molecule is CCn1c(=NC(=O)c2c(F)cccc2F)sc2cc3c(cc21)OCO3. The van der Waals surface area contributed by atoms with E-state index in [2.05, 4.69) is 4.99 Å². The molecule has 2 heterocycles. The van der Waals surface area contributed by atoms with Crippen LogP contribution in [-0.4, -0.2) is 17.3 Å². The van der Waals surface area contributed by atoms with Crippen molar-refractivity contribution in [3.63, 3.8) is 0 Å². The number of carbonyl (C=O) groups excluding carboxylic acids is 1. The van der Waals surface area contributed by atoms with Gasteiger partial charge < -0.3 is 14.0 Å². The van der Waals surface area contributed by atoms with Crippen LogP contribution in [-0.2, 0) is 6.54 Å². The number of benzene rings is 2. The number of carbonyl (C=O) groups is 1. The predicted molar refractivity (Wildman–Crippen MR) is 87.9 cm³/mol. The van der Waals surface area contributed by atoms with Crippen LogP contribution in [0.25, 0.3) is 10.2 Å². The Hall–Kier alpha value is -2.74. The average molecular weight is 362 g/mol. The number of hydrogen-bond acceptors (Lipinski definition) is 4. The first-order valence-electron chi connectivity index (χ1n) is 7.54. The summed E-state index contributed by atoms with van der Waals surface area (Å²) < 4.78 is 40.9. The molecule has 3 aromatic rings. The molecule has 0 N–H and O–H groups in total. The first-order chi connectivity index (χ1) is 12.1. The van der Waals surface area contributed by atoms with Gasteiger partial charge in [0.05, 0.1) is 10.2 Å². The van der Waals surface area contributed by atoms with E-state index >= 15 is 0 Å². The summed E-state index contributed by atoms with van der Waals surface area (Å²) in [6.45, 7) is 2.59. The standard InChI is InChI=1S/C17H12F2N2O3S/c1-2-21-11-6-12-13(24-8-23-12)7-14(11)25-17(21)20-16(22)15-9(18)4-3-5-10(15)19/h3-7H,2,8H2,1H3. The van der Waals surface area contributed by atoms with Crippen LogP contribution in [0.4, 0.5) is 8.78 Å². The van der Waals surface area contributed by atoms with E-state index in [-0.39, 0.29) is 6.79 Å². The molecule has 2 aromatic carbocycles. The minimum Gasteiger partial charge on any atom is -0.454 e. The van der Waals surface area contributed by atoms with Crippen molar-refractivity contribution in [1.29, 1.82) is 0 Å². The van der Waals surface area contributed by atoms with E-state index in [1.54, 1.807) is 4.57 Å². The molecule has 1 aromatic heterocycles. The number of ether oxygens (including phenoxy) is 2. The number of aryl methyl sites for hydroxylation is 1. The van der Waals surface area contributed by atoms with E-state index < -0.39 is 23.1 Å². The molecule has 0 bridgehead atoms. The molecule has 8 heteroatoms. The van der Waals surface area contributed by atoms with Crippen LogP contribution < -0.4 is 14.3 Å². The second-order valence-electron chi connectivity index (χ2n) is 5.32. The van der Waals surface area contributed by atoms with E-state index in [0.717, 1.165) is 22.3 Å². The highest BCUT2D eigenvalue weighted by Gasteiger charge is 2.19. The van der Waals surface area contributed by atoms with Crippen LogP contribution in [0.2, 0.25) is 0 Å². The summed E-state index contributed by atoms with van der Waals surface area (Å²) in [5.74, 6) is -1.58. The molecule has 1 aliphatic rings. The van der Waals surface area contributed by atoms with E-state index in [9.17, 15) is 13.6 Å². The number of fused-ring (bicyclic) bond motifs is 2. The van der Waals surface area contributed by atoms with Gasteiger partial charge in [-0.2, -0.15) is 4.99 Å². The van der Waals surface area contributed by atoms with Gasteiger partial charge in [0, 0.05) is 18.7 Å². The van der Waals surface area contributed by atoms with Crippen molar-refractivity contribution in [3.8, 4) is 11.5 Å². The van der Waals surface area contributed by atoms with Crippen molar-refractivity contribution in [2.45, 2.75) is 13.5 Å². The summed E-state index contributed by atoms with van der Waals surface area (Å²) in [7, 11) is 0. The summed E-state index contributed by atoms with van der Waals surface area (Å²) in [4.78, 5) is 16.6. The Kier molecular flexibility index (Phi) is 3.76. The summed E-state index contributed by atoms with van der Waals surface area (Å²) in [5.41, 5.74) is 0.161. The highest BCUT2D eigenvalue weighted by atomic mass is 32.1. The Morgan fingerprint density at radius 2 is 1.92 bits per heavy atom. The summed E-state index contributed by atoms with van der Waals surface area (Å²) in [5, 5.41) is 0. The van der Waals surface area contributed by atoms with Crippen LogP contribution in [0.3, 0.4) is 0 Å². The second kappa shape index (κ2) is 5.96. The molecule has 0 fully saturated rings. The van der Waals surface area contributed by atoms with Crippen molar-refractivity contribution in [1.82, 2.24) is 4.57 Å². The van der Waals surface area contributed by atoms with Gasteiger partial charge in [-0.3, -0.25) is 4.79 Å².